The van der Waals surface area contributed by atoms with E-state index in [0.717, 1.165) is 44.9 Å². The summed E-state index contributed by atoms with van der Waals surface area (Å²) in [5.74, 6) is 1.40. The summed E-state index contributed by atoms with van der Waals surface area (Å²) in [4.78, 5) is 13.0. The maximum Gasteiger partial charge on any atom is 0.310 e. The molecule has 0 spiro atoms. The third kappa shape index (κ3) is 2.57. The Balaban J connectivity index is 1.61. The fraction of sp³-hybridized carbons (Fsp3) is 0.903. The first-order chi connectivity index (χ1) is 15.6. The zero-order chi connectivity index (χ0) is 25.1. The number of carboxylic acids is 1. The number of aliphatic hydroxyl groups excluding tert-OH is 1. The molecule has 0 saturated heterocycles. The van der Waals surface area contributed by atoms with Crippen LogP contribution in [-0.2, 0) is 4.79 Å². The smallest absolute Gasteiger partial charge is 0.310 e. The van der Waals surface area contributed by atoms with Crippen molar-refractivity contribution in [2.75, 3.05) is 0 Å². The Morgan fingerprint density at radius 2 is 1.38 bits per heavy atom. The van der Waals surface area contributed by atoms with E-state index in [1.807, 2.05) is 0 Å². The molecule has 5 aliphatic carbocycles. The van der Waals surface area contributed by atoms with Crippen LogP contribution in [0.15, 0.2) is 12.2 Å². The second kappa shape index (κ2) is 7.14. The van der Waals surface area contributed by atoms with E-state index in [0.29, 0.717) is 23.7 Å². The lowest BCUT2D eigenvalue weighted by Gasteiger charge is -2.74. The molecule has 5 aliphatic rings. The second-order valence-electron chi connectivity index (χ2n) is 15.1. The summed E-state index contributed by atoms with van der Waals surface area (Å²) in [5.41, 5.74) is 0.981. The summed E-state index contributed by atoms with van der Waals surface area (Å²) in [6.45, 7) is 21.3. The van der Waals surface area contributed by atoms with Crippen LogP contribution in [0.4, 0.5) is 0 Å². The zero-order valence-electron chi connectivity index (χ0n) is 23.0. The number of hydrogen-bond acceptors (Lipinski definition) is 2. The Hall–Kier alpha value is -0.830. The SMILES string of the molecule is C=C(C)C1CCC2(C(=O)O)CCC3(C)C(CCC4C5(C)CCC(O)C(C)(C)C5CCC43C)C12C. The van der Waals surface area contributed by atoms with Crippen LogP contribution in [0.2, 0.25) is 0 Å². The molecule has 0 bridgehead atoms. The van der Waals surface area contributed by atoms with Crippen LogP contribution < -0.4 is 0 Å². The van der Waals surface area contributed by atoms with Gasteiger partial charge >= 0.3 is 5.97 Å². The molecule has 0 aromatic carbocycles. The Labute approximate surface area is 208 Å². The third-order valence-corrected chi connectivity index (χ3v) is 14.3. The zero-order valence-corrected chi connectivity index (χ0v) is 23.0. The van der Waals surface area contributed by atoms with Gasteiger partial charge in [-0.1, -0.05) is 53.7 Å². The minimum Gasteiger partial charge on any atom is -0.481 e. The van der Waals surface area contributed by atoms with E-state index in [1.54, 1.807) is 0 Å². The summed E-state index contributed by atoms with van der Waals surface area (Å²) in [6, 6.07) is 0. The predicted molar refractivity (Wildman–Crippen MR) is 137 cm³/mol. The summed E-state index contributed by atoms with van der Waals surface area (Å²) in [6.07, 6.45) is 10.3. The Bertz CT molecular complexity index is 906. The van der Waals surface area contributed by atoms with Crippen LogP contribution in [-0.4, -0.2) is 22.3 Å². The van der Waals surface area contributed by atoms with Crippen molar-refractivity contribution in [3.63, 3.8) is 0 Å². The highest BCUT2D eigenvalue weighted by molar-refractivity contribution is 5.77. The number of hydrogen-bond donors (Lipinski definition) is 2. The van der Waals surface area contributed by atoms with Crippen LogP contribution >= 0.6 is 0 Å². The van der Waals surface area contributed by atoms with E-state index >= 15 is 0 Å². The van der Waals surface area contributed by atoms with Crippen LogP contribution in [0, 0.1) is 56.2 Å². The molecular formula is C31H50O3. The van der Waals surface area contributed by atoms with Gasteiger partial charge in [-0.15, -0.1) is 0 Å². The molecule has 0 aliphatic heterocycles. The number of aliphatic carboxylic acids is 1. The minimum atomic E-state index is -0.595. The molecule has 3 heteroatoms. The van der Waals surface area contributed by atoms with E-state index in [2.05, 4.69) is 55.0 Å². The molecule has 5 saturated carbocycles. The molecule has 0 aromatic heterocycles. The molecule has 192 valence electrons. The number of carbonyl (C=O) groups is 1. The van der Waals surface area contributed by atoms with Gasteiger partial charge in [0.05, 0.1) is 11.5 Å². The highest BCUT2D eigenvalue weighted by Crippen LogP contribution is 2.80. The number of rotatable bonds is 2. The van der Waals surface area contributed by atoms with Gasteiger partial charge in [-0.25, -0.2) is 0 Å². The van der Waals surface area contributed by atoms with Gasteiger partial charge in [0, 0.05) is 0 Å². The predicted octanol–water partition coefficient (Wildman–Crippen LogP) is 7.48. The normalized spacial score (nSPS) is 55.9. The lowest BCUT2D eigenvalue weighted by Crippen LogP contribution is -2.69. The van der Waals surface area contributed by atoms with E-state index in [-0.39, 0.29) is 33.2 Å². The lowest BCUT2D eigenvalue weighted by molar-refractivity contribution is -0.264. The van der Waals surface area contributed by atoms with E-state index in [4.69, 9.17) is 0 Å². The highest BCUT2D eigenvalue weighted by atomic mass is 16.4. The largest absolute Gasteiger partial charge is 0.481 e. The number of aliphatic hydroxyl groups is 1. The molecule has 5 fully saturated rings. The third-order valence-electron chi connectivity index (χ3n) is 14.3. The highest BCUT2D eigenvalue weighted by Gasteiger charge is 2.75. The summed E-state index contributed by atoms with van der Waals surface area (Å²) in [5, 5.41) is 21.6. The van der Waals surface area contributed by atoms with Crippen LogP contribution in [0.1, 0.15) is 113 Å². The molecule has 0 radical (unpaired) electrons. The van der Waals surface area contributed by atoms with Crippen molar-refractivity contribution >= 4 is 5.97 Å². The first-order valence-corrected chi connectivity index (χ1v) is 14.2. The average Bonchev–Trinajstić information content (AvgIpc) is 3.06. The van der Waals surface area contributed by atoms with Gasteiger partial charge in [0.1, 0.15) is 0 Å². The van der Waals surface area contributed by atoms with Crippen LogP contribution in [0.5, 0.6) is 0 Å². The summed E-state index contributed by atoms with van der Waals surface area (Å²) < 4.78 is 0. The molecule has 3 nitrogen and oxygen atoms in total. The molecule has 0 amide bonds. The van der Waals surface area contributed by atoms with Crippen molar-refractivity contribution in [1.82, 2.24) is 0 Å². The van der Waals surface area contributed by atoms with Crippen molar-refractivity contribution in [3.05, 3.63) is 12.2 Å². The quantitative estimate of drug-likeness (QED) is 0.411. The fourth-order valence-corrected chi connectivity index (χ4v) is 12.3. The molecule has 0 aromatic rings. The number of allylic oxidation sites excluding steroid dienone is 1. The summed E-state index contributed by atoms with van der Waals surface area (Å²) >= 11 is 0. The van der Waals surface area contributed by atoms with Crippen LogP contribution in [0.25, 0.3) is 0 Å². The summed E-state index contributed by atoms with van der Waals surface area (Å²) in [7, 11) is 0. The van der Waals surface area contributed by atoms with Gasteiger partial charge < -0.3 is 10.2 Å². The maximum atomic E-state index is 13.0. The topological polar surface area (TPSA) is 57.5 Å². The lowest BCUT2D eigenvalue weighted by atomic mass is 9.30. The molecule has 10 unspecified atom stereocenters. The molecular weight excluding hydrogens is 420 g/mol. The van der Waals surface area contributed by atoms with Crippen molar-refractivity contribution in [3.8, 4) is 0 Å². The van der Waals surface area contributed by atoms with Gasteiger partial charge in [0.2, 0.25) is 0 Å². The molecule has 10 atom stereocenters. The van der Waals surface area contributed by atoms with Crippen molar-refractivity contribution in [2.24, 2.45) is 56.2 Å². The Morgan fingerprint density at radius 3 is 2.00 bits per heavy atom. The first kappa shape index (κ1) is 24.8. The number of fused-ring (bicyclic) bond motifs is 7. The number of carboxylic acid groups (broad SMARTS) is 1. The van der Waals surface area contributed by atoms with Gasteiger partial charge in [-0.2, -0.15) is 0 Å². The van der Waals surface area contributed by atoms with Gasteiger partial charge in [0.15, 0.2) is 0 Å². The standard InChI is InChI=1S/C31H50O3/c1-19(2)20-11-16-31(25(33)34)18-17-29(7)23(30(20,31)8)10-9-22-27(5)14-13-24(32)26(3,4)21(27)12-15-28(22,29)6/h20-24,32H,1,9-18H2,2-8H3,(H,33,34). The second-order valence-corrected chi connectivity index (χ2v) is 15.1. The minimum absolute atomic E-state index is 0.0282. The monoisotopic (exact) mass is 470 g/mol. The van der Waals surface area contributed by atoms with Crippen molar-refractivity contribution in [2.45, 2.75) is 119 Å². The van der Waals surface area contributed by atoms with Gasteiger partial charge in [-0.05, 0) is 122 Å². The fourth-order valence-electron chi connectivity index (χ4n) is 12.3. The van der Waals surface area contributed by atoms with E-state index in [9.17, 15) is 15.0 Å². The van der Waals surface area contributed by atoms with E-state index < -0.39 is 11.4 Å². The molecule has 2 N–H and O–H groups in total. The molecule has 5 rings (SSSR count). The first-order valence-electron chi connectivity index (χ1n) is 14.2. The Morgan fingerprint density at radius 1 is 0.765 bits per heavy atom. The molecule has 0 heterocycles. The maximum absolute atomic E-state index is 13.0. The van der Waals surface area contributed by atoms with E-state index in [1.165, 1.54) is 24.8 Å². The molecule has 34 heavy (non-hydrogen) atoms. The Kier molecular flexibility index (Phi) is 5.22. The van der Waals surface area contributed by atoms with Crippen molar-refractivity contribution < 1.29 is 15.0 Å². The van der Waals surface area contributed by atoms with Crippen molar-refractivity contribution in [1.29, 1.82) is 0 Å². The van der Waals surface area contributed by atoms with Gasteiger partial charge in [0.25, 0.3) is 0 Å². The van der Waals surface area contributed by atoms with Gasteiger partial charge in [-0.3, -0.25) is 4.79 Å². The van der Waals surface area contributed by atoms with Crippen LogP contribution in [0.3, 0.4) is 0 Å². The average molecular weight is 471 g/mol.